The van der Waals surface area contributed by atoms with Gasteiger partial charge >= 0.3 is 16.8 Å². The molecule has 1 radical (unpaired) electrons. The number of phenolic OH excluding ortho intramolecular Hbond substituents is 2. The molecule has 0 heterocycles. The third-order valence-electron chi connectivity index (χ3n) is 16.6. The number of quaternary nitrogens is 2. The van der Waals surface area contributed by atoms with E-state index in [0.717, 1.165) is 47.9 Å². The average molecular weight is 1060 g/mol. The van der Waals surface area contributed by atoms with Crippen LogP contribution in [0.15, 0.2) is 34.3 Å². The number of aliphatic imine (C=N–C) groups is 2. The van der Waals surface area contributed by atoms with Crippen LogP contribution >= 0.6 is 0 Å². The summed E-state index contributed by atoms with van der Waals surface area (Å²) in [6, 6.07) is 8.98. The Hall–Kier alpha value is -2.19. The van der Waals surface area contributed by atoms with Crippen molar-refractivity contribution in [2.75, 3.05) is 52.4 Å². The maximum Gasteiger partial charge on any atom is 2.00 e. The minimum absolute atomic E-state index is 0. The molecule has 0 aliphatic carbocycles. The van der Waals surface area contributed by atoms with Gasteiger partial charge in [-0.3, -0.25) is 6.42 Å². The number of aryl methyl sites for hydroxylation is 2. The molecule has 0 bridgehead atoms. The van der Waals surface area contributed by atoms with Gasteiger partial charge in [0.15, 0.2) is 0 Å². The molecule has 0 spiro atoms. The number of nitrogens with zero attached hydrogens (tertiary/aromatic N) is 4. The Balaban J connectivity index is 0.0000259. The SMILES string of the molecule is CCCCC(C)(CCCC)c1cc(C)c(O)c(C=NC(C)(C)[CH-]C(C)(C)N=Cc2cc(C(C)(CCC[N+](CCCC)(CCCC)CCCC)CCC[N+](CCCC)(CCCC)CCCC)cc(C)c2O)c1.[CH3-].[Co+2]. The van der Waals surface area contributed by atoms with Crippen LogP contribution in [0.3, 0.4) is 0 Å². The fraction of sp³-hybridized carbons (Fsp3) is 0.758. The van der Waals surface area contributed by atoms with Gasteiger partial charge in [0, 0.05) is 23.6 Å². The van der Waals surface area contributed by atoms with Crippen molar-refractivity contribution in [3.8, 4) is 11.5 Å². The second kappa shape index (κ2) is 35.3. The van der Waals surface area contributed by atoms with Gasteiger partial charge in [-0.05, 0) is 136 Å². The van der Waals surface area contributed by atoms with Crippen LogP contribution in [0.1, 0.15) is 272 Å². The topological polar surface area (TPSA) is 65.2 Å². The minimum atomic E-state index is -0.577. The molecule has 6 nitrogen and oxygen atoms in total. The summed E-state index contributed by atoms with van der Waals surface area (Å²) in [6.45, 7) is 46.6. The number of hydrogen-bond acceptors (Lipinski definition) is 4. The van der Waals surface area contributed by atoms with Crippen LogP contribution in [0.4, 0.5) is 0 Å². The fourth-order valence-corrected chi connectivity index (χ4v) is 11.8. The molecule has 0 unspecified atom stereocenters. The predicted octanol–water partition coefficient (Wildman–Crippen LogP) is 18.4. The van der Waals surface area contributed by atoms with Gasteiger partial charge in [0.2, 0.25) is 0 Å². The third-order valence-corrected chi connectivity index (χ3v) is 16.6. The predicted molar refractivity (Wildman–Crippen MR) is 321 cm³/mol. The van der Waals surface area contributed by atoms with Crippen LogP contribution < -0.4 is 0 Å². The molecule has 0 atom stereocenters. The van der Waals surface area contributed by atoms with E-state index in [1.54, 1.807) is 0 Å². The van der Waals surface area contributed by atoms with E-state index in [2.05, 4.69) is 135 Å². The van der Waals surface area contributed by atoms with Crippen molar-refractivity contribution in [2.24, 2.45) is 9.98 Å². The molecule has 0 saturated heterocycles. The molecule has 0 saturated carbocycles. The Morgan fingerprint density at radius 3 is 0.932 bits per heavy atom. The molecule has 0 fully saturated rings. The molecular weight excluding hydrogens is 940 g/mol. The van der Waals surface area contributed by atoms with E-state index in [9.17, 15) is 10.2 Å². The van der Waals surface area contributed by atoms with E-state index in [1.807, 2.05) is 19.4 Å². The largest absolute Gasteiger partial charge is 2.00 e. The molecule has 7 heteroatoms. The summed E-state index contributed by atoms with van der Waals surface area (Å²) in [6.07, 6.45) is 33.2. The van der Waals surface area contributed by atoms with Crippen LogP contribution in [0.25, 0.3) is 0 Å². The summed E-state index contributed by atoms with van der Waals surface area (Å²) in [4.78, 5) is 10.3. The number of phenols is 2. The first kappa shape index (κ1) is 70.8. The van der Waals surface area contributed by atoms with Gasteiger partial charge < -0.3 is 36.6 Å². The van der Waals surface area contributed by atoms with Crippen LogP contribution in [-0.2, 0) is 27.6 Å². The second-order valence-corrected chi connectivity index (χ2v) is 24.6. The van der Waals surface area contributed by atoms with E-state index in [-0.39, 0.29) is 35.0 Å². The van der Waals surface area contributed by atoms with E-state index in [1.165, 1.54) is 188 Å². The Labute approximate surface area is 465 Å². The van der Waals surface area contributed by atoms with Crippen LogP contribution in [0.5, 0.6) is 11.5 Å². The maximum absolute atomic E-state index is 11.8. The Morgan fingerprint density at radius 2 is 0.671 bits per heavy atom. The summed E-state index contributed by atoms with van der Waals surface area (Å²) in [5, 5.41) is 23.1. The fourth-order valence-electron chi connectivity index (χ4n) is 11.8. The zero-order valence-corrected chi connectivity index (χ0v) is 52.3. The molecule has 2 aromatic rings. The standard InChI is InChI=1S/C65H116N4O2.CH3.Co/c1-17-25-35-64(15,36-26-18-2)58-47-54(9)60(70)56(49-58)51-66-62(11,12)53-63(13,14)67-52-57-50-59(48-55(10)61(57)71)65(16,37-33-45-68(39-27-19-3,40-28-20-4)41-29-21-5)38-34-46-69(42-30-22-6,43-31-23-7)44-32-24-8;;/h47-53H,17-46H2,1-16H3,(H-,66,67,70,71);1H3;/q;-1;+2/p+1. The maximum atomic E-state index is 11.8. The summed E-state index contributed by atoms with van der Waals surface area (Å²) in [5.41, 5.74) is 4.95. The van der Waals surface area contributed by atoms with E-state index in [0.29, 0.717) is 11.5 Å². The Bertz CT molecular complexity index is 1760. The number of unbranched alkanes of at least 4 members (excludes halogenated alkanes) is 8. The van der Waals surface area contributed by atoms with Crippen molar-refractivity contribution in [2.45, 2.75) is 274 Å². The van der Waals surface area contributed by atoms with Crippen LogP contribution in [-0.4, -0.2) is 95.0 Å². The molecule has 0 aliphatic heterocycles. The summed E-state index contributed by atoms with van der Waals surface area (Å²) in [7, 11) is 0. The number of benzene rings is 2. The van der Waals surface area contributed by atoms with Gasteiger partial charge in [-0.25, -0.2) is 0 Å². The van der Waals surface area contributed by atoms with Gasteiger partial charge in [0.1, 0.15) is 11.5 Å². The van der Waals surface area contributed by atoms with E-state index >= 15 is 0 Å². The number of hydrogen-bond donors (Lipinski definition) is 2. The Kier molecular flexibility index (Phi) is 34.2. The molecule has 0 aromatic heterocycles. The van der Waals surface area contributed by atoms with Gasteiger partial charge in [-0.1, -0.05) is 184 Å². The number of aromatic hydroxyl groups is 2. The quantitative estimate of drug-likeness (QED) is 0.0397. The smallest absolute Gasteiger partial charge is 0.507 e. The van der Waals surface area contributed by atoms with E-state index in [4.69, 9.17) is 9.98 Å². The van der Waals surface area contributed by atoms with Gasteiger partial charge in [0.05, 0.1) is 52.4 Å². The van der Waals surface area contributed by atoms with E-state index < -0.39 is 11.1 Å². The first-order chi connectivity index (χ1) is 33.6. The summed E-state index contributed by atoms with van der Waals surface area (Å²) in [5.74, 6) is 0.634. The van der Waals surface area contributed by atoms with Gasteiger partial charge in [-0.2, -0.15) is 0 Å². The first-order valence-corrected chi connectivity index (χ1v) is 30.0. The third kappa shape index (κ3) is 23.9. The normalized spacial score (nSPS) is 13.0. The van der Waals surface area contributed by atoms with Crippen molar-refractivity contribution in [3.05, 3.63) is 71.5 Å². The first-order valence-electron chi connectivity index (χ1n) is 30.0. The van der Waals surface area contributed by atoms with Gasteiger partial charge in [0.25, 0.3) is 0 Å². The molecule has 0 amide bonds. The molecule has 423 valence electrons. The van der Waals surface area contributed by atoms with Crippen molar-refractivity contribution in [1.29, 1.82) is 0 Å². The average Bonchev–Trinajstić information content (AvgIpc) is 3.33. The summed E-state index contributed by atoms with van der Waals surface area (Å²) >= 11 is 0. The second-order valence-electron chi connectivity index (χ2n) is 24.6. The zero-order chi connectivity index (χ0) is 53.2. The molecule has 2 aromatic carbocycles. The van der Waals surface area contributed by atoms with Crippen molar-refractivity contribution in [3.63, 3.8) is 0 Å². The minimum Gasteiger partial charge on any atom is -0.507 e. The summed E-state index contributed by atoms with van der Waals surface area (Å²) < 4.78 is 2.56. The van der Waals surface area contributed by atoms with Crippen molar-refractivity contribution < 1.29 is 36.0 Å². The molecule has 2 N–H and O–H groups in total. The molecule has 0 aliphatic rings. The monoisotopic (exact) mass is 1060 g/mol. The molecule has 73 heavy (non-hydrogen) atoms. The molecular formula is C66H120CoN4O2+2. The number of rotatable bonds is 40. The van der Waals surface area contributed by atoms with Crippen molar-refractivity contribution in [1.82, 2.24) is 0 Å². The van der Waals surface area contributed by atoms with Crippen LogP contribution in [0, 0.1) is 27.7 Å². The Morgan fingerprint density at radius 1 is 0.425 bits per heavy atom. The molecule has 2 rings (SSSR count). The van der Waals surface area contributed by atoms with Gasteiger partial charge in [-0.15, -0.1) is 0 Å². The zero-order valence-electron chi connectivity index (χ0n) is 51.3. The van der Waals surface area contributed by atoms with Crippen LogP contribution in [0.2, 0.25) is 0 Å². The van der Waals surface area contributed by atoms with Crippen molar-refractivity contribution >= 4 is 12.4 Å².